The van der Waals surface area contributed by atoms with Crippen LogP contribution in [0.15, 0.2) is 24.3 Å². The number of nitrogens with two attached hydrogens (primary N) is 1. The van der Waals surface area contributed by atoms with Gasteiger partial charge < -0.3 is 10.5 Å². The summed E-state index contributed by atoms with van der Waals surface area (Å²) in [6, 6.07) is 6.80. The van der Waals surface area contributed by atoms with Crippen molar-refractivity contribution in [2.45, 2.75) is 12.5 Å². The summed E-state index contributed by atoms with van der Waals surface area (Å²) in [4.78, 5) is 25.3. The first-order chi connectivity index (χ1) is 8.63. The lowest BCUT2D eigenvalue weighted by Crippen LogP contribution is -2.49. The van der Waals surface area contributed by atoms with E-state index in [9.17, 15) is 9.59 Å². The zero-order chi connectivity index (χ0) is 13.1. The van der Waals surface area contributed by atoms with Gasteiger partial charge in [-0.05, 0) is 11.6 Å². The summed E-state index contributed by atoms with van der Waals surface area (Å²) in [6.07, 6.45) is 0.252. The Balaban J connectivity index is 2.19. The van der Waals surface area contributed by atoms with Gasteiger partial charge in [-0.15, -0.1) is 0 Å². The third kappa shape index (κ3) is 2.42. The molecule has 1 atom stereocenters. The molecule has 0 saturated heterocycles. The Bertz CT molecular complexity index is 473. The molecule has 0 spiro atoms. The van der Waals surface area contributed by atoms with Crippen molar-refractivity contribution in [3.8, 4) is 0 Å². The molecule has 1 aromatic rings. The maximum absolute atomic E-state index is 12.2. The van der Waals surface area contributed by atoms with Crippen LogP contribution in [0.1, 0.15) is 15.9 Å². The van der Waals surface area contributed by atoms with Crippen LogP contribution in [0.4, 0.5) is 0 Å². The van der Waals surface area contributed by atoms with Crippen LogP contribution < -0.4 is 5.73 Å². The average molecular weight is 248 g/mol. The van der Waals surface area contributed by atoms with Crippen LogP contribution in [0, 0.1) is 0 Å². The molecule has 1 unspecified atom stereocenters. The molecule has 1 aliphatic rings. The van der Waals surface area contributed by atoms with Gasteiger partial charge in [0, 0.05) is 25.3 Å². The smallest absolute Gasteiger partial charge is 0.260 e. The Morgan fingerprint density at radius 3 is 2.83 bits per heavy atom. The first-order valence-corrected chi connectivity index (χ1v) is 5.80. The molecule has 2 rings (SSSR count). The number of hydrogen-bond donors (Lipinski definition) is 1. The Labute approximate surface area is 106 Å². The highest BCUT2D eigenvalue weighted by Gasteiger charge is 2.31. The fourth-order valence-corrected chi connectivity index (χ4v) is 2.09. The number of imide groups is 1. The van der Waals surface area contributed by atoms with Crippen LogP contribution >= 0.6 is 0 Å². The lowest BCUT2D eigenvalue weighted by molar-refractivity contribution is -0.128. The zero-order valence-corrected chi connectivity index (χ0v) is 10.3. The van der Waals surface area contributed by atoms with E-state index in [-0.39, 0.29) is 30.8 Å². The number of carbonyl (C=O) groups excluding carboxylic acids is 2. The molecule has 2 amide bonds. The van der Waals surface area contributed by atoms with E-state index in [1.54, 1.807) is 18.2 Å². The van der Waals surface area contributed by atoms with E-state index in [2.05, 4.69) is 0 Å². The number of amides is 2. The summed E-state index contributed by atoms with van der Waals surface area (Å²) in [5.74, 6) is -0.473. The van der Waals surface area contributed by atoms with Gasteiger partial charge in [0.2, 0.25) is 5.91 Å². The van der Waals surface area contributed by atoms with Crippen LogP contribution in [-0.2, 0) is 16.0 Å². The largest absolute Gasteiger partial charge is 0.383 e. The highest BCUT2D eigenvalue weighted by atomic mass is 16.5. The average Bonchev–Trinajstić information content (AvgIpc) is 2.35. The standard InChI is InChI=1S/C13H16N2O3/c1-18-8-10(14)7-15-12(16)6-9-4-2-3-5-11(9)13(15)17/h2-5,10H,6-8,14H2,1H3. The molecule has 0 saturated carbocycles. The monoisotopic (exact) mass is 248 g/mol. The summed E-state index contributed by atoms with van der Waals surface area (Å²) in [7, 11) is 1.54. The summed E-state index contributed by atoms with van der Waals surface area (Å²) >= 11 is 0. The molecule has 0 aliphatic carbocycles. The second-order valence-electron chi connectivity index (χ2n) is 4.36. The van der Waals surface area contributed by atoms with E-state index < -0.39 is 0 Å². The number of carbonyl (C=O) groups is 2. The first-order valence-electron chi connectivity index (χ1n) is 5.80. The summed E-state index contributed by atoms with van der Waals surface area (Å²) in [5.41, 5.74) is 7.15. The quantitative estimate of drug-likeness (QED) is 0.772. The van der Waals surface area contributed by atoms with Crippen molar-refractivity contribution in [3.63, 3.8) is 0 Å². The van der Waals surface area contributed by atoms with Gasteiger partial charge in [0.1, 0.15) is 0 Å². The third-order valence-electron chi connectivity index (χ3n) is 2.93. The Morgan fingerprint density at radius 2 is 2.11 bits per heavy atom. The van der Waals surface area contributed by atoms with Gasteiger partial charge in [-0.25, -0.2) is 0 Å². The number of fused-ring (bicyclic) bond motifs is 1. The summed E-state index contributed by atoms with van der Waals surface area (Å²) < 4.78 is 4.91. The SMILES string of the molecule is COCC(N)CN1C(=O)Cc2ccccc2C1=O. The Morgan fingerprint density at radius 1 is 1.39 bits per heavy atom. The number of ether oxygens (including phenoxy) is 1. The third-order valence-corrected chi connectivity index (χ3v) is 2.93. The van der Waals surface area contributed by atoms with Crippen molar-refractivity contribution in [2.75, 3.05) is 20.3 Å². The molecular weight excluding hydrogens is 232 g/mol. The minimum atomic E-state index is -0.354. The number of benzene rings is 1. The normalized spacial score (nSPS) is 16.7. The predicted molar refractivity (Wildman–Crippen MR) is 66.0 cm³/mol. The highest BCUT2D eigenvalue weighted by Crippen LogP contribution is 2.19. The van der Waals surface area contributed by atoms with Crippen LogP contribution in [-0.4, -0.2) is 43.0 Å². The van der Waals surface area contributed by atoms with Crippen LogP contribution in [0.3, 0.4) is 0 Å². The van der Waals surface area contributed by atoms with E-state index in [0.29, 0.717) is 12.2 Å². The molecular formula is C13H16N2O3. The van der Waals surface area contributed by atoms with E-state index in [1.165, 1.54) is 12.0 Å². The molecule has 1 heterocycles. The second-order valence-corrected chi connectivity index (χ2v) is 4.36. The maximum atomic E-state index is 12.2. The van der Waals surface area contributed by atoms with Crippen LogP contribution in [0.2, 0.25) is 0 Å². The van der Waals surface area contributed by atoms with Crippen LogP contribution in [0.25, 0.3) is 0 Å². The van der Waals surface area contributed by atoms with E-state index in [0.717, 1.165) is 5.56 Å². The number of nitrogens with zero attached hydrogens (tertiary/aromatic N) is 1. The lowest BCUT2D eigenvalue weighted by atomic mass is 9.98. The van der Waals surface area contributed by atoms with Crippen LogP contribution in [0.5, 0.6) is 0 Å². The van der Waals surface area contributed by atoms with E-state index in [1.807, 2.05) is 6.07 Å². The minimum absolute atomic E-state index is 0.194. The van der Waals surface area contributed by atoms with Crippen molar-refractivity contribution < 1.29 is 14.3 Å². The van der Waals surface area contributed by atoms with Gasteiger partial charge in [-0.3, -0.25) is 14.5 Å². The molecule has 0 aromatic heterocycles. The van der Waals surface area contributed by atoms with Gasteiger partial charge in [-0.1, -0.05) is 18.2 Å². The molecule has 1 aliphatic heterocycles. The Kier molecular flexibility index (Phi) is 3.74. The molecule has 5 heteroatoms. The molecule has 0 fully saturated rings. The molecule has 2 N–H and O–H groups in total. The molecule has 0 bridgehead atoms. The minimum Gasteiger partial charge on any atom is -0.383 e. The van der Waals surface area contributed by atoms with Gasteiger partial charge in [0.15, 0.2) is 0 Å². The van der Waals surface area contributed by atoms with Crippen molar-refractivity contribution >= 4 is 11.8 Å². The molecule has 96 valence electrons. The lowest BCUT2D eigenvalue weighted by Gasteiger charge is -2.28. The fourth-order valence-electron chi connectivity index (χ4n) is 2.09. The van der Waals surface area contributed by atoms with Crippen molar-refractivity contribution in [1.82, 2.24) is 4.90 Å². The van der Waals surface area contributed by atoms with Crippen molar-refractivity contribution in [2.24, 2.45) is 5.73 Å². The zero-order valence-electron chi connectivity index (χ0n) is 10.3. The molecule has 0 radical (unpaired) electrons. The fraction of sp³-hybridized carbons (Fsp3) is 0.385. The van der Waals surface area contributed by atoms with Crippen molar-refractivity contribution in [1.29, 1.82) is 0 Å². The number of rotatable bonds is 4. The van der Waals surface area contributed by atoms with Gasteiger partial charge >= 0.3 is 0 Å². The first kappa shape index (κ1) is 12.7. The topological polar surface area (TPSA) is 72.6 Å². The van der Waals surface area contributed by atoms with Gasteiger partial charge in [-0.2, -0.15) is 0 Å². The number of methoxy groups -OCH3 is 1. The maximum Gasteiger partial charge on any atom is 0.260 e. The Hall–Kier alpha value is -1.72. The van der Waals surface area contributed by atoms with Gasteiger partial charge in [0.05, 0.1) is 13.0 Å². The summed E-state index contributed by atoms with van der Waals surface area (Å²) in [5, 5.41) is 0. The predicted octanol–water partition coefficient (Wildman–Crippen LogP) is 0.185. The summed E-state index contributed by atoms with van der Waals surface area (Å²) in [6.45, 7) is 0.512. The number of hydrogen-bond acceptors (Lipinski definition) is 4. The molecule has 18 heavy (non-hydrogen) atoms. The van der Waals surface area contributed by atoms with Gasteiger partial charge in [0.25, 0.3) is 5.91 Å². The molecule has 1 aromatic carbocycles. The van der Waals surface area contributed by atoms with Crippen molar-refractivity contribution in [3.05, 3.63) is 35.4 Å². The molecule has 5 nitrogen and oxygen atoms in total. The second kappa shape index (κ2) is 5.29. The highest BCUT2D eigenvalue weighted by molar-refractivity contribution is 6.09. The van der Waals surface area contributed by atoms with E-state index >= 15 is 0 Å². The van der Waals surface area contributed by atoms with E-state index in [4.69, 9.17) is 10.5 Å².